The van der Waals surface area contributed by atoms with Gasteiger partial charge in [-0.05, 0) is 31.0 Å². The van der Waals surface area contributed by atoms with Gasteiger partial charge in [0.15, 0.2) is 5.96 Å². The van der Waals surface area contributed by atoms with Crippen molar-refractivity contribution in [1.82, 2.24) is 10.6 Å². The van der Waals surface area contributed by atoms with E-state index in [2.05, 4.69) is 15.6 Å². The van der Waals surface area contributed by atoms with Crippen molar-refractivity contribution in [2.45, 2.75) is 26.9 Å². The average molecular weight is 356 g/mol. The number of hydrogen-bond acceptors (Lipinski definition) is 4. The Balaban J connectivity index is 1.93. The van der Waals surface area contributed by atoms with Crippen molar-refractivity contribution in [3.63, 3.8) is 0 Å². The van der Waals surface area contributed by atoms with E-state index in [1.807, 2.05) is 32.0 Å². The Bertz CT molecular complexity index is 773. The van der Waals surface area contributed by atoms with Crippen LogP contribution in [-0.4, -0.2) is 24.5 Å². The smallest absolute Gasteiger partial charge is 0.269 e. The van der Waals surface area contributed by atoms with Crippen LogP contribution in [0.15, 0.2) is 47.5 Å². The van der Waals surface area contributed by atoms with Crippen molar-refractivity contribution in [1.29, 1.82) is 0 Å². The van der Waals surface area contributed by atoms with E-state index in [0.717, 1.165) is 22.4 Å². The molecule has 0 unspecified atom stereocenters. The molecule has 0 radical (unpaired) electrons. The fourth-order valence-electron chi connectivity index (χ4n) is 2.42. The lowest BCUT2D eigenvalue weighted by atomic mass is 10.1. The average Bonchev–Trinajstić information content (AvgIpc) is 2.64. The predicted molar refractivity (Wildman–Crippen MR) is 102 cm³/mol. The van der Waals surface area contributed by atoms with Crippen LogP contribution in [-0.2, 0) is 13.1 Å². The maximum absolute atomic E-state index is 10.7. The van der Waals surface area contributed by atoms with Gasteiger partial charge in [-0.3, -0.25) is 15.1 Å². The molecule has 0 aromatic heterocycles. The monoisotopic (exact) mass is 356 g/mol. The second kappa shape index (κ2) is 9.41. The summed E-state index contributed by atoms with van der Waals surface area (Å²) in [7, 11) is 1.70. The van der Waals surface area contributed by atoms with Crippen LogP contribution < -0.4 is 15.4 Å². The fraction of sp³-hybridized carbons (Fsp3) is 0.316. The zero-order chi connectivity index (χ0) is 18.9. The third-order valence-corrected chi connectivity index (χ3v) is 3.80. The number of nitro benzene ring substituents is 1. The third kappa shape index (κ3) is 5.47. The van der Waals surface area contributed by atoms with Gasteiger partial charge in [0.25, 0.3) is 5.69 Å². The molecular weight excluding hydrogens is 332 g/mol. The molecule has 0 fully saturated rings. The molecular formula is C19H24N4O3. The van der Waals surface area contributed by atoms with Gasteiger partial charge in [-0.2, -0.15) is 0 Å². The van der Waals surface area contributed by atoms with Crippen molar-refractivity contribution >= 4 is 11.6 Å². The van der Waals surface area contributed by atoms with Crippen LogP contribution in [0.1, 0.15) is 23.6 Å². The van der Waals surface area contributed by atoms with E-state index in [0.29, 0.717) is 25.7 Å². The lowest BCUT2D eigenvalue weighted by Gasteiger charge is -2.15. The van der Waals surface area contributed by atoms with Crippen molar-refractivity contribution in [2.75, 3.05) is 13.7 Å². The standard InChI is InChI=1S/C19H24N4O3/c1-4-26-18-11-14(2)5-8-16(18)13-22-19(20-3)21-12-15-6-9-17(10-7-15)23(24)25/h5-11H,4,12-13H2,1-3H3,(H2,20,21,22). The number of benzene rings is 2. The quantitative estimate of drug-likeness (QED) is 0.344. The van der Waals surface area contributed by atoms with E-state index >= 15 is 0 Å². The van der Waals surface area contributed by atoms with Gasteiger partial charge in [0.2, 0.25) is 0 Å². The summed E-state index contributed by atoms with van der Waals surface area (Å²) in [6, 6.07) is 12.6. The number of guanidine groups is 1. The Morgan fingerprint density at radius 1 is 1.15 bits per heavy atom. The number of aliphatic imine (C=N–C) groups is 1. The molecule has 0 atom stereocenters. The first-order valence-electron chi connectivity index (χ1n) is 8.43. The van der Waals surface area contributed by atoms with E-state index in [1.54, 1.807) is 19.2 Å². The van der Waals surface area contributed by atoms with Crippen molar-refractivity contribution in [3.05, 3.63) is 69.3 Å². The van der Waals surface area contributed by atoms with Crippen molar-refractivity contribution in [2.24, 2.45) is 4.99 Å². The molecule has 7 nitrogen and oxygen atoms in total. The van der Waals surface area contributed by atoms with Gasteiger partial charge in [0.1, 0.15) is 5.75 Å². The summed E-state index contributed by atoms with van der Waals surface area (Å²) in [5.41, 5.74) is 3.22. The number of nitrogens with one attached hydrogen (secondary N) is 2. The predicted octanol–water partition coefficient (Wildman–Crippen LogP) is 3.17. The highest BCUT2D eigenvalue weighted by molar-refractivity contribution is 5.79. The van der Waals surface area contributed by atoms with E-state index in [1.165, 1.54) is 12.1 Å². The second-order valence-electron chi connectivity index (χ2n) is 5.75. The molecule has 2 rings (SSSR count). The van der Waals surface area contributed by atoms with E-state index in [9.17, 15) is 10.1 Å². The molecule has 0 aliphatic rings. The highest BCUT2D eigenvalue weighted by Crippen LogP contribution is 2.20. The summed E-state index contributed by atoms with van der Waals surface area (Å²) < 4.78 is 5.69. The molecule has 7 heteroatoms. The molecule has 0 amide bonds. The van der Waals surface area contributed by atoms with E-state index in [-0.39, 0.29) is 5.69 Å². The minimum Gasteiger partial charge on any atom is -0.494 e. The Morgan fingerprint density at radius 3 is 2.46 bits per heavy atom. The topological polar surface area (TPSA) is 88.8 Å². The van der Waals surface area contributed by atoms with Gasteiger partial charge in [-0.25, -0.2) is 0 Å². The van der Waals surface area contributed by atoms with Crippen LogP contribution in [0, 0.1) is 17.0 Å². The number of non-ortho nitro benzene ring substituents is 1. The van der Waals surface area contributed by atoms with Gasteiger partial charge in [-0.15, -0.1) is 0 Å². The van der Waals surface area contributed by atoms with Crippen LogP contribution in [0.5, 0.6) is 5.75 Å². The van der Waals surface area contributed by atoms with E-state index < -0.39 is 4.92 Å². The molecule has 2 aromatic rings. The molecule has 0 saturated heterocycles. The van der Waals surface area contributed by atoms with Gasteiger partial charge in [-0.1, -0.05) is 24.3 Å². The number of rotatable bonds is 7. The molecule has 0 aliphatic carbocycles. The number of nitrogens with zero attached hydrogens (tertiary/aromatic N) is 2. The molecule has 0 aliphatic heterocycles. The Kier molecular flexibility index (Phi) is 6.96. The molecule has 138 valence electrons. The first kappa shape index (κ1) is 19.2. The summed E-state index contributed by atoms with van der Waals surface area (Å²) >= 11 is 0. The molecule has 2 aromatic carbocycles. The zero-order valence-corrected chi connectivity index (χ0v) is 15.3. The first-order chi connectivity index (χ1) is 12.5. The van der Waals surface area contributed by atoms with Gasteiger partial charge >= 0.3 is 0 Å². The maximum Gasteiger partial charge on any atom is 0.269 e. The van der Waals surface area contributed by atoms with Crippen LogP contribution >= 0.6 is 0 Å². The molecule has 0 spiro atoms. The minimum absolute atomic E-state index is 0.0825. The molecule has 0 saturated carbocycles. The SMILES string of the molecule is CCOc1cc(C)ccc1CNC(=NC)NCc1ccc([N+](=O)[O-])cc1. The normalized spacial score (nSPS) is 11.1. The summed E-state index contributed by atoms with van der Waals surface area (Å²) in [6.45, 7) is 5.71. The number of nitro groups is 1. The van der Waals surface area contributed by atoms with E-state index in [4.69, 9.17) is 4.74 Å². The lowest BCUT2D eigenvalue weighted by Crippen LogP contribution is -2.36. The maximum atomic E-state index is 10.7. The third-order valence-electron chi connectivity index (χ3n) is 3.80. The van der Waals surface area contributed by atoms with Gasteiger partial charge < -0.3 is 15.4 Å². The number of hydrogen-bond donors (Lipinski definition) is 2. The fourth-order valence-corrected chi connectivity index (χ4v) is 2.42. The van der Waals surface area contributed by atoms with Crippen molar-refractivity contribution in [3.8, 4) is 5.75 Å². The first-order valence-corrected chi connectivity index (χ1v) is 8.43. The Morgan fingerprint density at radius 2 is 1.85 bits per heavy atom. The largest absolute Gasteiger partial charge is 0.494 e. The highest BCUT2D eigenvalue weighted by Gasteiger charge is 2.07. The Hall–Kier alpha value is -3.09. The van der Waals surface area contributed by atoms with Crippen LogP contribution in [0.25, 0.3) is 0 Å². The second-order valence-corrected chi connectivity index (χ2v) is 5.75. The minimum atomic E-state index is -0.408. The summed E-state index contributed by atoms with van der Waals surface area (Å²) in [5.74, 6) is 1.51. The Labute approximate surface area is 153 Å². The van der Waals surface area contributed by atoms with Crippen LogP contribution in [0.3, 0.4) is 0 Å². The molecule has 2 N–H and O–H groups in total. The molecule has 0 bridgehead atoms. The summed E-state index contributed by atoms with van der Waals surface area (Å²) in [5, 5.41) is 17.1. The van der Waals surface area contributed by atoms with Gasteiger partial charge in [0.05, 0.1) is 11.5 Å². The highest BCUT2D eigenvalue weighted by atomic mass is 16.6. The van der Waals surface area contributed by atoms with Crippen LogP contribution in [0.2, 0.25) is 0 Å². The summed E-state index contributed by atoms with van der Waals surface area (Å²) in [4.78, 5) is 14.5. The lowest BCUT2D eigenvalue weighted by molar-refractivity contribution is -0.384. The molecule has 26 heavy (non-hydrogen) atoms. The van der Waals surface area contributed by atoms with Crippen molar-refractivity contribution < 1.29 is 9.66 Å². The summed E-state index contributed by atoms with van der Waals surface area (Å²) in [6.07, 6.45) is 0. The number of aryl methyl sites for hydroxylation is 1. The zero-order valence-electron chi connectivity index (χ0n) is 15.3. The molecule has 0 heterocycles. The van der Waals surface area contributed by atoms with Crippen LogP contribution in [0.4, 0.5) is 5.69 Å². The van der Waals surface area contributed by atoms with Gasteiger partial charge in [0, 0.05) is 37.8 Å². The number of ether oxygens (including phenoxy) is 1.